The molecule has 30 heavy (non-hydrogen) atoms. The second-order valence-electron chi connectivity index (χ2n) is 7.52. The summed E-state index contributed by atoms with van der Waals surface area (Å²) in [6.07, 6.45) is 2.69. The van der Waals surface area contributed by atoms with Crippen LogP contribution in [0.25, 0.3) is 0 Å². The van der Waals surface area contributed by atoms with Crippen LogP contribution in [-0.4, -0.2) is 81.2 Å². The Morgan fingerprint density at radius 2 is 2.00 bits per heavy atom. The number of hydrogen-bond donors (Lipinski definition) is 1. The molecule has 0 unspecified atom stereocenters. The van der Waals surface area contributed by atoms with Crippen molar-refractivity contribution in [2.45, 2.75) is 6.42 Å². The molecule has 1 aromatic carbocycles. The zero-order chi connectivity index (χ0) is 21.5. The highest BCUT2D eigenvalue weighted by Gasteiger charge is 2.20. The van der Waals surface area contributed by atoms with E-state index in [0.717, 1.165) is 62.1 Å². The molecule has 1 fully saturated rings. The first-order valence-electron chi connectivity index (χ1n) is 10.2. The Balaban J connectivity index is 1.45. The lowest BCUT2D eigenvalue weighted by atomic mass is 10.2. The summed E-state index contributed by atoms with van der Waals surface area (Å²) in [7, 11) is 5.19. The summed E-state index contributed by atoms with van der Waals surface area (Å²) >= 11 is 6.18. The fourth-order valence-corrected chi connectivity index (χ4v) is 3.76. The van der Waals surface area contributed by atoms with Crippen LogP contribution < -0.4 is 15.0 Å². The summed E-state index contributed by atoms with van der Waals surface area (Å²) in [6, 6.07) is 9.34. The summed E-state index contributed by atoms with van der Waals surface area (Å²) in [5.41, 5.74) is 1.66. The quantitative estimate of drug-likeness (QED) is 0.648. The molecule has 1 amide bonds. The second-order valence-corrected chi connectivity index (χ2v) is 7.96. The minimum absolute atomic E-state index is 0.0434. The number of benzene rings is 1. The van der Waals surface area contributed by atoms with E-state index in [1.807, 2.05) is 18.2 Å². The zero-order valence-electron chi connectivity index (χ0n) is 17.9. The molecule has 2 aromatic rings. The van der Waals surface area contributed by atoms with Gasteiger partial charge in [0.2, 0.25) is 0 Å². The van der Waals surface area contributed by atoms with Crippen molar-refractivity contribution in [1.82, 2.24) is 14.8 Å². The van der Waals surface area contributed by atoms with Gasteiger partial charge in [0.05, 0.1) is 18.4 Å². The minimum Gasteiger partial charge on any atom is -0.495 e. The molecule has 1 N–H and O–H groups in total. The van der Waals surface area contributed by atoms with Crippen molar-refractivity contribution in [3.63, 3.8) is 0 Å². The molecule has 1 aliphatic rings. The van der Waals surface area contributed by atoms with E-state index in [4.69, 9.17) is 16.3 Å². The van der Waals surface area contributed by atoms with Crippen LogP contribution in [0.3, 0.4) is 0 Å². The van der Waals surface area contributed by atoms with Crippen molar-refractivity contribution < 1.29 is 9.53 Å². The van der Waals surface area contributed by atoms with E-state index in [2.05, 4.69) is 20.1 Å². The number of amides is 1. The van der Waals surface area contributed by atoms with Gasteiger partial charge in [-0.1, -0.05) is 11.6 Å². The monoisotopic (exact) mass is 431 g/mol. The number of hydrogen-bond acceptors (Lipinski definition) is 6. The Morgan fingerprint density at radius 3 is 2.70 bits per heavy atom. The summed E-state index contributed by atoms with van der Waals surface area (Å²) in [6.45, 7) is 5.62. The predicted molar refractivity (Wildman–Crippen MR) is 122 cm³/mol. The van der Waals surface area contributed by atoms with Crippen LogP contribution in [0.4, 0.5) is 11.5 Å². The molecule has 3 rings (SSSR count). The number of nitrogens with one attached hydrogen (secondary N) is 1. The predicted octanol–water partition coefficient (Wildman–Crippen LogP) is 3.07. The van der Waals surface area contributed by atoms with E-state index in [0.29, 0.717) is 11.4 Å². The van der Waals surface area contributed by atoms with Crippen LogP contribution in [-0.2, 0) is 0 Å². The number of pyridine rings is 1. The van der Waals surface area contributed by atoms with Gasteiger partial charge in [-0.2, -0.15) is 0 Å². The van der Waals surface area contributed by atoms with Gasteiger partial charge in [-0.25, -0.2) is 4.98 Å². The largest absolute Gasteiger partial charge is 0.495 e. The maximum absolute atomic E-state index is 12.3. The molecule has 0 saturated carbocycles. The number of halogens is 1. The molecule has 0 radical (unpaired) electrons. The Morgan fingerprint density at radius 1 is 1.23 bits per heavy atom. The van der Waals surface area contributed by atoms with Crippen molar-refractivity contribution in [2.75, 3.05) is 70.7 Å². The topological polar surface area (TPSA) is 60.9 Å². The maximum atomic E-state index is 12.3. The first kappa shape index (κ1) is 22.2. The van der Waals surface area contributed by atoms with Gasteiger partial charge in [-0.3, -0.25) is 9.69 Å². The first-order chi connectivity index (χ1) is 14.5. The van der Waals surface area contributed by atoms with Crippen molar-refractivity contribution in [2.24, 2.45) is 0 Å². The molecule has 0 aliphatic carbocycles. The van der Waals surface area contributed by atoms with Gasteiger partial charge in [0, 0.05) is 58.0 Å². The fraction of sp³-hybridized carbons (Fsp3) is 0.455. The van der Waals surface area contributed by atoms with Crippen molar-refractivity contribution >= 4 is 29.0 Å². The number of nitrogens with zero attached hydrogens (tertiary/aromatic N) is 4. The van der Waals surface area contributed by atoms with Crippen LogP contribution >= 0.6 is 11.6 Å². The average Bonchev–Trinajstić information content (AvgIpc) is 2.77. The highest BCUT2D eigenvalue weighted by atomic mass is 35.5. The lowest BCUT2D eigenvalue weighted by Gasteiger charge is -2.36. The van der Waals surface area contributed by atoms with E-state index in [1.165, 1.54) is 0 Å². The van der Waals surface area contributed by atoms with Gasteiger partial charge >= 0.3 is 0 Å². The molecule has 0 bridgehead atoms. The standard InChI is InChI=1S/C22H30ClN5O2/c1-26(2)22(29)18-6-4-9-24-21(18)25-10-5-11-27-12-14-28(15-13-27)19-16-17(23)7-8-20(19)30-3/h4,6-9,16H,5,10-15H2,1-3H3,(H,24,25). The lowest BCUT2D eigenvalue weighted by Crippen LogP contribution is -2.47. The Kier molecular flexibility index (Phi) is 7.76. The van der Waals surface area contributed by atoms with E-state index < -0.39 is 0 Å². The van der Waals surface area contributed by atoms with Gasteiger partial charge in [-0.15, -0.1) is 0 Å². The summed E-state index contributed by atoms with van der Waals surface area (Å²) in [5, 5.41) is 4.04. The van der Waals surface area contributed by atoms with Crippen LogP contribution in [0.1, 0.15) is 16.8 Å². The Bertz CT molecular complexity index is 853. The molecule has 162 valence electrons. The summed E-state index contributed by atoms with van der Waals surface area (Å²) in [4.78, 5) is 23.0. The molecule has 1 saturated heterocycles. The second kappa shape index (κ2) is 10.5. The van der Waals surface area contributed by atoms with Gasteiger partial charge in [0.15, 0.2) is 0 Å². The minimum atomic E-state index is -0.0434. The number of carbonyl (C=O) groups excluding carboxylic acids is 1. The van der Waals surface area contributed by atoms with E-state index in [1.54, 1.807) is 44.4 Å². The van der Waals surface area contributed by atoms with Crippen LogP contribution in [0, 0.1) is 0 Å². The van der Waals surface area contributed by atoms with E-state index >= 15 is 0 Å². The van der Waals surface area contributed by atoms with Crippen LogP contribution in [0.2, 0.25) is 5.02 Å². The fourth-order valence-electron chi connectivity index (χ4n) is 3.59. The molecule has 1 aliphatic heterocycles. The number of rotatable bonds is 8. The number of piperazine rings is 1. The smallest absolute Gasteiger partial charge is 0.257 e. The Labute approximate surface area is 183 Å². The van der Waals surface area contributed by atoms with Gasteiger partial charge in [0.25, 0.3) is 5.91 Å². The third-order valence-corrected chi connectivity index (χ3v) is 5.48. The van der Waals surface area contributed by atoms with Crippen molar-refractivity contribution in [3.8, 4) is 5.75 Å². The van der Waals surface area contributed by atoms with Gasteiger partial charge in [-0.05, 0) is 43.3 Å². The molecule has 0 atom stereocenters. The van der Waals surface area contributed by atoms with Gasteiger partial charge < -0.3 is 19.9 Å². The number of anilines is 2. The van der Waals surface area contributed by atoms with Crippen molar-refractivity contribution in [3.05, 3.63) is 47.1 Å². The zero-order valence-corrected chi connectivity index (χ0v) is 18.7. The molecule has 8 heteroatoms. The number of ether oxygens (including phenoxy) is 1. The molecule has 7 nitrogen and oxygen atoms in total. The third kappa shape index (κ3) is 5.55. The Hall–Kier alpha value is -2.51. The SMILES string of the molecule is COc1ccc(Cl)cc1N1CCN(CCCNc2ncccc2C(=O)N(C)C)CC1. The molecule has 0 spiro atoms. The highest BCUT2D eigenvalue weighted by molar-refractivity contribution is 6.30. The number of aromatic nitrogens is 1. The highest BCUT2D eigenvalue weighted by Crippen LogP contribution is 2.31. The maximum Gasteiger partial charge on any atom is 0.257 e. The lowest BCUT2D eigenvalue weighted by molar-refractivity contribution is 0.0828. The van der Waals surface area contributed by atoms with Crippen LogP contribution in [0.5, 0.6) is 5.75 Å². The van der Waals surface area contributed by atoms with Crippen LogP contribution in [0.15, 0.2) is 36.5 Å². The van der Waals surface area contributed by atoms with Crippen molar-refractivity contribution in [1.29, 1.82) is 0 Å². The molecular formula is C22H30ClN5O2. The normalized spacial score (nSPS) is 14.5. The third-order valence-electron chi connectivity index (χ3n) is 5.24. The van der Waals surface area contributed by atoms with Gasteiger partial charge in [0.1, 0.15) is 11.6 Å². The first-order valence-corrected chi connectivity index (χ1v) is 10.6. The van der Waals surface area contributed by atoms with E-state index in [-0.39, 0.29) is 5.91 Å². The average molecular weight is 432 g/mol. The summed E-state index contributed by atoms with van der Waals surface area (Å²) < 4.78 is 5.49. The molecule has 2 heterocycles. The van der Waals surface area contributed by atoms with E-state index in [9.17, 15) is 4.79 Å². The number of methoxy groups -OCH3 is 1. The summed E-state index contributed by atoms with van der Waals surface area (Å²) in [5.74, 6) is 1.46. The molecular weight excluding hydrogens is 402 g/mol. The molecule has 1 aromatic heterocycles. The number of carbonyl (C=O) groups is 1.